The van der Waals surface area contributed by atoms with E-state index in [-0.39, 0.29) is 5.71 Å². The van der Waals surface area contributed by atoms with Crippen molar-refractivity contribution in [3.8, 4) is 0 Å². The van der Waals surface area contributed by atoms with Crippen molar-refractivity contribution in [3.05, 3.63) is 58.4 Å². The van der Waals surface area contributed by atoms with Gasteiger partial charge in [-0.3, -0.25) is 10.1 Å². The second-order valence-corrected chi connectivity index (χ2v) is 4.86. The van der Waals surface area contributed by atoms with Crippen molar-refractivity contribution < 1.29 is 14.0 Å². The fourth-order valence-corrected chi connectivity index (χ4v) is 2.61. The van der Waals surface area contributed by atoms with Crippen LogP contribution in [-0.4, -0.2) is 17.6 Å². The zero-order valence-corrected chi connectivity index (χ0v) is 11.1. The Morgan fingerprint density at radius 3 is 2.55 bits per heavy atom. The molecule has 0 spiro atoms. The maximum atomic E-state index is 11.9. The second kappa shape index (κ2) is 4.36. The maximum absolute atomic E-state index is 11.9. The maximum Gasteiger partial charge on any atom is 0.348 e. The van der Waals surface area contributed by atoms with Crippen molar-refractivity contribution in [2.24, 2.45) is 4.99 Å². The Balaban J connectivity index is 2.14. The van der Waals surface area contributed by atoms with E-state index >= 15 is 0 Å². The van der Waals surface area contributed by atoms with Crippen LogP contribution in [0.1, 0.15) is 5.56 Å². The van der Waals surface area contributed by atoms with Crippen LogP contribution in [0.4, 0.5) is 4.79 Å². The Bertz CT molecular complexity index is 1060. The number of hydrogen-bond acceptors (Lipinski definition) is 4. The minimum atomic E-state index is -0.734. The van der Waals surface area contributed by atoms with Gasteiger partial charge in [0.15, 0.2) is 0 Å². The molecule has 6 heteroatoms. The van der Waals surface area contributed by atoms with Crippen molar-refractivity contribution in [1.82, 2.24) is 5.32 Å². The summed E-state index contributed by atoms with van der Waals surface area (Å²) in [6, 6.07) is 11.5. The van der Waals surface area contributed by atoms with Crippen LogP contribution >= 0.6 is 0 Å². The molecule has 3 amide bonds. The van der Waals surface area contributed by atoms with Gasteiger partial charge < -0.3 is 4.42 Å². The monoisotopic (exact) mass is 292 g/mol. The van der Waals surface area contributed by atoms with Gasteiger partial charge in [0.25, 0.3) is 5.91 Å². The number of imide groups is 1. The van der Waals surface area contributed by atoms with Crippen LogP contribution in [0.25, 0.3) is 21.7 Å². The molecule has 22 heavy (non-hydrogen) atoms. The van der Waals surface area contributed by atoms with Gasteiger partial charge in [-0.05, 0) is 11.5 Å². The second-order valence-electron chi connectivity index (χ2n) is 4.86. The average Bonchev–Trinajstić information content (AvgIpc) is 2.85. The van der Waals surface area contributed by atoms with Gasteiger partial charge in [-0.2, -0.15) is 4.99 Å². The summed E-state index contributed by atoms with van der Waals surface area (Å²) >= 11 is 0. The molecule has 1 aliphatic heterocycles. The van der Waals surface area contributed by atoms with E-state index in [0.29, 0.717) is 16.5 Å². The highest BCUT2D eigenvalue weighted by molar-refractivity contribution is 6.53. The van der Waals surface area contributed by atoms with E-state index in [9.17, 15) is 14.4 Å². The molecule has 106 valence electrons. The minimum Gasteiger partial charge on any atom is -0.422 e. The number of nitrogens with one attached hydrogen (secondary N) is 1. The Morgan fingerprint density at radius 2 is 1.77 bits per heavy atom. The van der Waals surface area contributed by atoms with Crippen LogP contribution in [0.3, 0.4) is 0 Å². The predicted molar refractivity (Wildman–Crippen MR) is 80.1 cm³/mol. The third kappa shape index (κ3) is 1.74. The molecule has 0 saturated carbocycles. The molecule has 0 fully saturated rings. The van der Waals surface area contributed by atoms with Crippen molar-refractivity contribution in [2.75, 3.05) is 0 Å². The Kier molecular flexibility index (Phi) is 2.47. The molecule has 2 aromatic carbocycles. The molecule has 1 aliphatic rings. The quantitative estimate of drug-likeness (QED) is 0.548. The third-order valence-electron chi connectivity index (χ3n) is 3.54. The highest BCUT2D eigenvalue weighted by atomic mass is 16.4. The lowest BCUT2D eigenvalue weighted by Crippen LogP contribution is -2.26. The topological polar surface area (TPSA) is 88.7 Å². The van der Waals surface area contributed by atoms with Gasteiger partial charge >= 0.3 is 11.7 Å². The van der Waals surface area contributed by atoms with Crippen molar-refractivity contribution >= 4 is 39.4 Å². The van der Waals surface area contributed by atoms with Crippen LogP contribution in [0, 0.1) is 0 Å². The molecule has 0 unspecified atom stereocenters. The number of aliphatic imine (C=N–C) groups is 1. The summed E-state index contributed by atoms with van der Waals surface area (Å²) in [5.41, 5.74) is -0.0114. The van der Waals surface area contributed by atoms with E-state index in [4.69, 9.17) is 4.42 Å². The molecule has 4 rings (SSSR count). The molecule has 0 atom stereocenters. The molecule has 6 nitrogen and oxygen atoms in total. The van der Waals surface area contributed by atoms with Gasteiger partial charge in [-0.1, -0.05) is 30.3 Å². The molecule has 1 N–H and O–H groups in total. The predicted octanol–water partition coefficient (Wildman–Crippen LogP) is 1.99. The standard InChI is InChI=1S/C16H8N2O4/c19-12-7-11(13-15(20)18-16(21)17-13)10-6-5-8-3-1-2-4-9(8)14(10)22-12/h1-7H,(H,18,20,21). The summed E-state index contributed by atoms with van der Waals surface area (Å²) < 4.78 is 5.31. The number of carbonyl (C=O) groups is 2. The molecule has 3 aromatic rings. The number of fused-ring (bicyclic) bond motifs is 3. The van der Waals surface area contributed by atoms with Crippen molar-refractivity contribution in [2.45, 2.75) is 0 Å². The van der Waals surface area contributed by atoms with E-state index in [1.807, 2.05) is 30.3 Å². The van der Waals surface area contributed by atoms with Gasteiger partial charge in [-0.25, -0.2) is 9.59 Å². The van der Waals surface area contributed by atoms with Gasteiger partial charge in [0, 0.05) is 22.4 Å². The fourth-order valence-electron chi connectivity index (χ4n) is 2.61. The number of hydrogen-bond donors (Lipinski definition) is 1. The van der Waals surface area contributed by atoms with E-state index in [2.05, 4.69) is 10.3 Å². The summed E-state index contributed by atoms with van der Waals surface area (Å²) in [6.45, 7) is 0. The summed E-state index contributed by atoms with van der Waals surface area (Å²) in [5.74, 6) is -0.620. The zero-order chi connectivity index (χ0) is 15.3. The number of amides is 3. The number of carbonyl (C=O) groups excluding carboxylic acids is 2. The molecule has 0 radical (unpaired) electrons. The molecule has 2 heterocycles. The lowest BCUT2D eigenvalue weighted by atomic mass is 10.0. The summed E-state index contributed by atoms with van der Waals surface area (Å²) in [6.07, 6.45) is 0. The van der Waals surface area contributed by atoms with Gasteiger partial charge in [-0.15, -0.1) is 0 Å². The minimum absolute atomic E-state index is 0.0711. The lowest BCUT2D eigenvalue weighted by molar-refractivity contribution is -0.113. The van der Waals surface area contributed by atoms with E-state index in [0.717, 1.165) is 10.8 Å². The Morgan fingerprint density at radius 1 is 0.955 bits per heavy atom. The number of benzene rings is 2. The first-order valence-corrected chi connectivity index (χ1v) is 6.53. The van der Waals surface area contributed by atoms with Gasteiger partial charge in [0.2, 0.25) is 0 Å². The van der Waals surface area contributed by atoms with Crippen molar-refractivity contribution in [1.29, 1.82) is 0 Å². The normalized spacial score (nSPS) is 14.5. The van der Waals surface area contributed by atoms with E-state index in [1.165, 1.54) is 6.07 Å². The Labute approximate surface area is 123 Å². The van der Waals surface area contributed by atoms with Crippen LogP contribution in [-0.2, 0) is 4.79 Å². The molecule has 0 saturated heterocycles. The summed E-state index contributed by atoms with van der Waals surface area (Å²) in [4.78, 5) is 38.6. The summed E-state index contributed by atoms with van der Waals surface area (Å²) in [7, 11) is 0. The highest BCUT2D eigenvalue weighted by Gasteiger charge is 2.27. The SMILES string of the molecule is O=C1N=C(c2cc(=O)oc3c2ccc2ccccc23)C(=O)N1. The molecule has 1 aromatic heterocycles. The van der Waals surface area contributed by atoms with Crippen LogP contribution in [0.15, 0.2) is 56.7 Å². The molecular weight excluding hydrogens is 284 g/mol. The number of rotatable bonds is 1. The lowest BCUT2D eigenvalue weighted by Gasteiger charge is -2.06. The summed E-state index contributed by atoms with van der Waals surface area (Å²) in [5, 5.41) is 4.29. The fraction of sp³-hybridized carbons (Fsp3) is 0. The molecule has 0 aliphatic carbocycles. The smallest absolute Gasteiger partial charge is 0.348 e. The van der Waals surface area contributed by atoms with Gasteiger partial charge in [0.1, 0.15) is 11.3 Å². The molecule has 0 bridgehead atoms. The van der Waals surface area contributed by atoms with Crippen LogP contribution in [0.2, 0.25) is 0 Å². The van der Waals surface area contributed by atoms with E-state index in [1.54, 1.807) is 6.07 Å². The zero-order valence-electron chi connectivity index (χ0n) is 11.1. The largest absolute Gasteiger partial charge is 0.422 e. The first-order chi connectivity index (χ1) is 10.6. The highest BCUT2D eigenvalue weighted by Crippen LogP contribution is 2.27. The van der Waals surface area contributed by atoms with Gasteiger partial charge in [0.05, 0.1) is 0 Å². The van der Waals surface area contributed by atoms with Crippen molar-refractivity contribution in [3.63, 3.8) is 0 Å². The number of urea groups is 1. The Hall–Kier alpha value is -3.28. The van der Waals surface area contributed by atoms with Crippen LogP contribution in [0.5, 0.6) is 0 Å². The van der Waals surface area contributed by atoms with E-state index < -0.39 is 17.6 Å². The first-order valence-electron chi connectivity index (χ1n) is 6.53. The third-order valence-corrected chi connectivity index (χ3v) is 3.54. The number of nitrogens with zero attached hydrogens (tertiary/aromatic N) is 1. The molecular formula is C16H8N2O4. The first kappa shape index (κ1) is 12.5. The average molecular weight is 292 g/mol. The van der Waals surface area contributed by atoms with Crippen LogP contribution < -0.4 is 10.9 Å².